The van der Waals surface area contributed by atoms with Crippen molar-refractivity contribution >= 4 is 22.7 Å². The number of nitrogens with one attached hydrogen (secondary N) is 3. The third kappa shape index (κ3) is 5.09. The van der Waals surface area contributed by atoms with Gasteiger partial charge in [0.2, 0.25) is 11.8 Å². The highest BCUT2D eigenvalue weighted by Crippen LogP contribution is 2.18. The highest BCUT2D eigenvalue weighted by molar-refractivity contribution is 5.86. The van der Waals surface area contributed by atoms with Crippen molar-refractivity contribution in [1.29, 1.82) is 0 Å². The molecule has 0 saturated carbocycles. The van der Waals surface area contributed by atoms with Crippen LogP contribution in [0.5, 0.6) is 0 Å². The highest BCUT2D eigenvalue weighted by atomic mass is 16.2. The van der Waals surface area contributed by atoms with Crippen LogP contribution < -0.4 is 16.4 Å². The van der Waals surface area contributed by atoms with E-state index in [9.17, 15) is 9.59 Å². The van der Waals surface area contributed by atoms with Gasteiger partial charge in [0, 0.05) is 36.6 Å². The number of aromatic nitrogens is 1. The number of H-pyrrole nitrogens is 1. The average Bonchev–Trinajstić information content (AvgIpc) is 2.99. The Morgan fingerprint density at radius 2 is 1.96 bits per heavy atom. The zero-order valence-corrected chi connectivity index (χ0v) is 14.1. The second kappa shape index (κ2) is 9.08. The van der Waals surface area contributed by atoms with Gasteiger partial charge in [0.05, 0.1) is 6.04 Å². The molecule has 1 aromatic carbocycles. The maximum absolute atomic E-state index is 12.1. The van der Waals surface area contributed by atoms with Gasteiger partial charge in [-0.1, -0.05) is 31.5 Å². The van der Waals surface area contributed by atoms with Crippen molar-refractivity contribution in [3.05, 3.63) is 36.0 Å². The predicted octanol–water partition coefficient (Wildman–Crippen LogP) is 1.46. The second-order valence-electron chi connectivity index (χ2n) is 5.91. The summed E-state index contributed by atoms with van der Waals surface area (Å²) >= 11 is 0. The van der Waals surface area contributed by atoms with E-state index in [4.69, 9.17) is 5.73 Å². The number of unbranched alkanes of at least 4 members (excludes halogenated alkanes) is 1. The molecule has 6 heteroatoms. The van der Waals surface area contributed by atoms with Gasteiger partial charge < -0.3 is 21.4 Å². The zero-order valence-electron chi connectivity index (χ0n) is 14.1. The van der Waals surface area contributed by atoms with Crippen LogP contribution in [0.15, 0.2) is 30.5 Å². The lowest BCUT2D eigenvalue weighted by atomic mass is 10.1. The number of rotatable bonds is 9. The summed E-state index contributed by atoms with van der Waals surface area (Å²) in [5.41, 5.74) is 8.06. The van der Waals surface area contributed by atoms with Gasteiger partial charge >= 0.3 is 0 Å². The molecule has 6 nitrogen and oxygen atoms in total. The number of amides is 2. The van der Waals surface area contributed by atoms with Crippen molar-refractivity contribution in [3.8, 4) is 0 Å². The molecule has 0 saturated heterocycles. The molecule has 24 heavy (non-hydrogen) atoms. The minimum Gasteiger partial charge on any atom is -0.361 e. The molecule has 0 aliphatic heterocycles. The second-order valence-corrected chi connectivity index (χ2v) is 5.91. The number of hydrogen-bond acceptors (Lipinski definition) is 3. The Morgan fingerprint density at radius 3 is 2.75 bits per heavy atom. The number of fused-ring (bicyclic) bond motifs is 1. The standard InChI is InChI=1S/C18H26N4O2/c1-2-3-8-17(23)20-9-10-21-18(24)15(19)11-13-12-22-16-7-5-4-6-14(13)16/h4-7,12,15,22H,2-3,8-11,19H2,1H3,(H,20,23)(H,21,24). The summed E-state index contributed by atoms with van der Waals surface area (Å²) in [7, 11) is 0. The van der Waals surface area contributed by atoms with Crippen LogP contribution in [0.25, 0.3) is 10.9 Å². The van der Waals surface area contributed by atoms with Gasteiger partial charge in [0.1, 0.15) is 0 Å². The van der Waals surface area contributed by atoms with E-state index in [1.807, 2.05) is 37.4 Å². The zero-order chi connectivity index (χ0) is 17.4. The fourth-order valence-corrected chi connectivity index (χ4v) is 2.57. The molecular weight excluding hydrogens is 304 g/mol. The summed E-state index contributed by atoms with van der Waals surface area (Å²) in [6.07, 6.45) is 4.77. The van der Waals surface area contributed by atoms with E-state index in [-0.39, 0.29) is 11.8 Å². The Kier molecular flexibility index (Phi) is 6.81. The van der Waals surface area contributed by atoms with E-state index in [2.05, 4.69) is 15.6 Å². The topological polar surface area (TPSA) is 100 Å². The highest BCUT2D eigenvalue weighted by Gasteiger charge is 2.15. The molecule has 0 aliphatic rings. The van der Waals surface area contributed by atoms with E-state index in [1.54, 1.807) is 0 Å². The Balaban J connectivity index is 1.73. The van der Waals surface area contributed by atoms with Crippen molar-refractivity contribution in [2.24, 2.45) is 5.73 Å². The summed E-state index contributed by atoms with van der Waals surface area (Å²) in [6, 6.07) is 7.32. The molecule has 1 atom stereocenters. The lowest BCUT2D eigenvalue weighted by molar-refractivity contribution is -0.123. The number of nitrogens with two attached hydrogens (primary N) is 1. The molecule has 2 rings (SSSR count). The molecule has 1 heterocycles. The summed E-state index contributed by atoms with van der Waals surface area (Å²) in [4.78, 5) is 26.7. The van der Waals surface area contributed by atoms with Crippen molar-refractivity contribution < 1.29 is 9.59 Å². The third-order valence-corrected chi connectivity index (χ3v) is 3.96. The molecule has 0 radical (unpaired) electrons. The fraction of sp³-hybridized carbons (Fsp3) is 0.444. The number of para-hydroxylation sites is 1. The van der Waals surface area contributed by atoms with Crippen LogP contribution in [-0.2, 0) is 16.0 Å². The van der Waals surface area contributed by atoms with Crippen LogP contribution in [0.1, 0.15) is 31.7 Å². The molecule has 130 valence electrons. The SMILES string of the molecule is CCCCC(=O)NCCNC(=O)C(N)Cc1c[nH]c2ccccc12. The number of aromatic amines is 1. The Bertz CT molecular complexity index is 680. The molecule has 0 aliphatic carbocycles. The van der Waals surface area contributed by atoms with Crippen molar-refractivity contribution in [2.45, 2.75) is 38.6 Å². The summed E-state index contributed by atoms with van der Waals surface area (Å²) < 4.78 is 0. The molecule has 1 aromatic heterocycles. The van der Waals surface area contributed by atoms with Crippen molar-refractivity contribution in [1.82, 2.24) is 15.6 Å². The van der Waals surface area contributed by atoms with E-state index in [1.165, 1.54) is 0 Å². The average molecular weight is 330 g/mol. The summed E-state index contributed by atoms with van der Waals surface area (Å²) in [5.74, 6) is -0.183. The molecule has 0 fully saturated rings. The van der Waals surface area contributed by atoms with E-state index >= 15 is 0 Å². The number of carbonyl (C=O) groups is 2. The van der Waals surface area contributed by atoms with Gasteiger partial charge in [0.15, 0.2) is 0 Å². The van der Waals surface area contributed by atoms with Crippen LogP contribution in [-0.4, -0.2) is 35.9 Å². The first-order chi connectivity index (χ1) is 11.6. The predicted molar refractivity (Wildman–Crippen MR) is 95.5 cm³/mol. The van der Waals surface area contributed by atoms with Crippen molar-refractivity contribution in [2.75, 3.05) is 13.1 Å². The Hall–Kier alpha value is -2.34. The first-order valence-corrected chi connectivity index (χ1v) is 8.46. The maximum Gasteiger partial charge on any atom is 0.237 e. The molecule has 5 N–H and O–H groups in total. The third-order valence-electron chi connectivity index (χ3n) is 3.96. The number of carbonyl (C=O) groups excluding carboxylic acids is 2. The fourth-order valence-electron chi connectivity index (χ4n) is 2.57. The van der Waals surface area contributed by atoms with Gasteiger partial charge in [-0.05, 0) is 24.5 Å². The van der Waals surface area contributed by atoms with Gasteiger partial charge in [-0.2, -0.15) is 0 Å². The smallest absolute Gasteiger partial charge is 0.237 e. The first-order valence-electron chi connectivity index (χ1n) is 8.46. The van der Waals surface area contributed by atoms with Gasteiger partial charge in [-0.3, -0.25) is 9.59 Å². The first kappa shape index (κ1) is 18.0. The number of hydrogen-bond donors (Lipinski definition) is 4. The van der Waals surface area contributed by atoms with Crippen LogP contribution in [0, 0.1) is 0 Å². The largest absolute Gasteiger partial charge is 0.361 e. The Labute approximate surface area is 142 Å². The van der Waals surface area contributed by atoms with Gasteiger partial charge in [0.25, 0.3) is 0 Å². The minimum atomic E-state index is -0.611. The van der Waals surface area contributed by atoms with Gasteiger partial charge in [-0.15, -0.1) is 0 Å². The number of benzene rings is 1. The molecule has 0 spiro atoms. The lowest BCUT2D eigenvalue weighted by Gasteiger charge is -2.12. The normalized spacial score (nSPS) is 12.1. The molecular formula is C18H26N4O2. The van der Waals surface area contributed by atoms with E-state index in [0.29, 0.717) is 25.9 Å². The van der Waals surface area contributed by atoms with E-state index < -0.39 is 6.04 Å². The molecule has 2 aromatic rings. The Morgan fingerprint density at radius 1 is 1.21 bits per heavy atom. The molecule has 1 unspecified atom stereocenters. The lowest BCUT2D eigenvalue weighted by Crippen LogP contribution is -2.44. The molecule has 2 amide bonds. The van der Waals surface area contributed by atoms with E-state index in [0.717, 1.165) is 29.3 Å². The van der Waals surface area contributed by atoms with Gasteiger partial charge in [-0.25, -0.2) is 0 Å². The van der Waals surface area contributed by atoms with Crippen LogP contribution in [0.2, 0.25) is 0 Å². The van der Waals surface area contributed by atoms with Crippen LogP contribution in [0.3, 0.4) is 0 Å². The minimum absolute atomic E-state index is 0.0224. The van der Waals surface area contributed by atoms with Crippen LogP contribution in [0.4, 0.5) is 0 Å². The molecule has 0 bridgehead atoms. The maximum atomic E-state index is 12.1. The summed E-state index contributed by atoms with van der Waals surface area (Å²) in [6.45, 7) is 2.86. The van der Waals surface area contributed by atoms with Crippen molar-refractivity contribution in [3.63, 3.8) is 0 Å². The monoisotopic (exact) mass is 330 g/mol. The van der Waals surface area contributed by atoms with Crippen LogP contribution >= 0.6 is 0 Å². The summed E-state index contributed by atoms with van der Waals surface area (Å²) in [5, 5.41) is 6.63. The quantitative estimate of drug-likeness (QED) is 0.524.